The number of ether oxygens (including phenoxy) is 2. The lowest BCUT2D eigenvalue weighted by Gasteiger charge is -2.07. The third-order valence-corrected chi connectivity index (χ3v) is 3.78. The van der Waals surface area contributed by atoms with Crippen LogP contribution in [0.3, 0.4) is 0 Å². The Labute approximate surface area is 153 Å². The number of amides is 1. The Morgan fingerprint density at radius 1 is 1.19 bits per heavy atom. The number of halogens is 2. The summed E-state index contributed by atoms with van der Waals surface area (Å²) in [5.41, 5.74) is 0.418. The van der Waals surface area contributed by atoms with E-state index in [9.17, 15) is 9.18 Å². The molecule has 2 N–H and O–H groups in total. The number of anilines is 1. The maximum absolute atomic E-state index is 13.8. The minimum absolute atomic E-state index is 0.0118. The van der Waals surface area contributed by atoms with E-state index < -0.39 is 11.7 Å². The van der Waals surface area contributed by atoms with Crippen LogP contribution >= 0.6 is 11.6 Å². The first kappa shape index (κ1) is 17.7. The summed E-state index contributed by atoms with van der Waals surface area (Å²) in [6.07, 6.45) is 0. The van der Waals surface area contributed by atoms with Crippen molar-refractivity contribution in [3.63, 3.8) is 0 Å². The number of carbonyl (C=O) groups excluding carboxylic acids is 1. The molecule has 0 spiro atoms. The van der Waals surface area contributed by atoms with E-state index in [4.69, 9.17) is 21.1 Å². The van der Waals surface area contributed by atoms with E-state index in [2.05, 4.69) is 20.5 Å². The molecule has 3 rings (SSSR count). The van der Waals surface area contributed by atoms with Crippen LogP contribution in [-0.4, -0.2) is 35.3 Å². The first-order chi connectivity index (χ1) is 12.5. The van der Waals surface area contributed by atoms with E-state index in [1.54, 1.807) is 25.3 Å². The second-order valence-electron chi connectivity index (χ2n) is 5.15. The van der Waals surface area contributed by atoms with E-state index in [0.717, 1.165) is 6.07 Å². The van der Waals surface area contributed by atoms with Gasteiger partial charge in [0.1, 0.15) is 17.3 Å². The molecular formula is C17H14ClFN4O3. The molecule has 3 aromatic rings. The van der Waals surface area contributed by atoms with Crippen molar-refractivity contribution in [3.05, 3.63) is 52.8 Å². The molecule has 2 aromatic carbocycles. The fourth-order valence-corrected chi connectivity index (χ4v) is 2.44. The van der Waals surface area contributed by atoms with Gasteiger partial charge in [-0.05, 0) is 30.3 Å². The lowest BCUT2D eigenvalue weighted by Crippen LogP contribution is -2.14. The molecule has 0 aliphatic heterocycles. The first-order valence-corrected chi connectivity index (χ1v) is 7.81. The maximum Gasteiger partial charge on any atom is 0.261 e. The Balaban J connectivity index is 1.84. The standard InChI is InChI=1S/C17H14ClFN4O3/c1-25-10-4-5-11(14(8-10)26-2)15-20-17(23-22-15)21-16(24)12-7-9(18)3-6-13(12)19/h3-8H,1-2H3,(H2,20,21,22,23,24). The second kappa shape index (κ2) is 7.40. The van der Waals surface area contributed by atoms with Crippen molar-refractivity contribution in [1.82, 2.24) is 15.2 Å². The van der Waals surface area contributed by atoms with Gasteiger partial charge in [0, 0.05) is 11.1 Å². The zero-order valence-electron chi connectivity index (χ0n) is 13.8. The van der Waals surface area contributed by atoms with Crippen molar-refractivity contribution >= 4 is 23.5 Å². The molecule has 0 aliphatic rings. The predicted molar refractivity (Wildman–Crippen MR) is 94.3 cm³/mol. The van der Waals surface area contributed by atoms with Crippen LogP contribution in [0.4, 0.5) is 10.3 Å². The predicted octanol–water partition coefficient (Wildman–Crippen LogP) is 3.53. The molecule has 0 radical (unpaired) electrons. The number of rotatable bonds is 5. The Kier molecular flexibility index (Phi) is 5.04. The van der Waals surface area contributed by atoms with Gasteiger partial charge in [0.2, 0.25) is 5.95 Å². The van der Waals surface area contributed by atoms with Gasteiger partial charge >= 0.3 is 0 Å². The van der Waals surface area contributed by atoms with Crippen molar-refractivity contribution in [2.45, 2.75) is 0 Å². The number of hydrogen-bond acceptors (Lipinski definition) is 5. The maximum atomic E-state index is 13.8. The van der Waals surface area contributed by atoms with Crippen LogP contribution in [0, 0.1) is 5.82 Å². The summed E-state index contributed by atoms with van der Waals surface area (Å²) in [5.74, 6) is 0.0830. The average Bonchev–Trinajstić information content (AvgIpc) is 3.11. The number of hydrogen-bond donors (Lipinski definition) is 2. The average molecular weight is 377 g/mol. The van der Waals surface area contributed by atoms with Gasteiger partial charge in [-0.25, -0.2) is 4.39 Å². The van der Waals surface area contributed by atoms with Crippen LogP contribution in [0.25, 0.3) is 11.4 Å². The summed E-state index contributed by atoms with van der Waals surface area (Å²) < 4.78 is 24.2. The van der Waals surface area contributed by atoms with Gasteiger partial charge in [-0.15, -0.1) is 5.10 Å². The molecule has 1 amide bonds. The van der Waals surface area contributed by atoms with E-state index in [1.165, 1.54) is 19.2 Å². The SMILES string of the molecule is COc1ccc(-c2nc(NC(=O)c3cc(Cl)ccc3F)n[nH]2)c(OC)c1. The number of nitrogens with one attached hydrogen (secondary N) is 2. The van der Waals surface area contributed by atoms with Crippen molar-refractivity contribution in [1.29, 1.82) is 0 Å². The summed E-state index contributed by atoms with van der Waals surface area (Å²) in [6, 6.07) is 8.86. The van der Waals surface area contributed by atoms with Gasteiger partial charge < -0.3 is 9.47 Å². The third kappa shape index (κ3) is 3.60. The number of H-pyrrole nitrogens is 1. The molecule has 0 atom stereocenters. The molecule has 1 aromatic heterocycles. The van der Waals surface area contributed by atoms with Crippen LogP contribution in [0.1, 0.15) is 10.4 Å². The summed E-state index contributed by atoms with van der Waals surface area (Å²) in [6.45, 7) is 0. The second-order valence-corrected chi connectivity index (χ2v) is 5.59. The monoisotopic (exact) mass is 376 g/mol. The van der Waals surface area contributed by atoms with Crippen LogP contribution in [0.15, 0.2) is 36.4 Å². The van der Waals surface area contributed by atoms with Crippen molar-refractivity contribution in [3.8, 4) is 22.9 Å². The van der Waals surface area contributed by atoms with E-state index >= 15 is 0 Å². The van der Waals surface area contributed by atoms with Crippen LogP contribution in [0.5, 0.6) is 11.5 Å². The van der Waals surface area contributed by atoms with Crippen molar-refractivity contribution < 1.29 is 18.7 Å². The number of aromatic amines is 1. The van der Waals surface area contributed by atoms with Gasteiger partial charge in [-0.2, -0.15) is 4.98 Å². The van der Waals surface area contributed by atoms with Crippen LogP contribution in [0.2, 0.25) is 5.02 Å². The third-order valence-electron chi connectivity index (χ3n) is 3.55. The summed E-state index contributed by atoms with van der Waals surface area (Å²) in [4.78, 5) is 16.4. The molecule has 1 heterocycles. The Morgan fingerprint density at radius 3 is 2.73 bits per heavy atom. The van der Waals surface area contributed by atoms with E-state index in [1.807, 2.05) is 0 Å². The zero-order chi connectivity index (χ0) is 18.7. The zero-order valence-corrected chi connectivity index (χ0v) is 14.6. The minimum Gasteiger partial charge on any atom is -0.497 e. The molecule has 0 saturated heterocycles. The molecule has 0 bridgehead atoms. The lowest BCUT2D eigenvalue weighted by atomic mass is 10.2. The molecule has 9 heteroatoms. The summed E-state index contributed by atoms with van der Waals surface area (Å²) in [5, 5.41) is 9.28. The molecule has 26 heavy (non-hydrogen) atoms. The smallest absolute Gasteiger partial charge is 0.261 e. The van der Waals surface area contributed by atoms with Gasteiger partial charge in [-0.1, -0.05) is 11.6 Å². The molecule has 0 saturated carbocycles. The lowest BCUT2D eigenvalue weighted by molar-refractivity contribution is 0.102. The van der Waals surface area contributed by atoms with Crippen molar-refractivity contribution in [2.24, 2.45) is 0 Å². The molecule has 0 fully saturated rings. The fraction of sp³-hybridized carbons (Fsp3) is 0.118. The minimum atomic E-state index is -0.711. The highest BCUT2D eigenvalue weighted by molar-refractivity contribution is 6.31. The number of nitrogens with zero attached hydrogens (tertiary/aromatic N) is 2. The summed E-state index contributed by atoms with van der Waals surface area (Å²) in [7, 11) is 3.06. The normalized spacial score (nSPS) is 10.5. The van der Waals surface area contributed by atoms with Gasteiger partial charge in [0.15, 0.2) is 5.82 Å². The number of benzene rings is 2. The molecule has 0 unspecified atom stereocenters. The first-order valence-electron chi connectivity index (χ1n) is 7.43. The topological polar surface area (TPSA) is 89.1 Å². The van der Waals surface area contributed by atoms with Crippen molar-refractivity contribution in [2.75, 3.05) is 19.5 Å². The number of carbonyl (C=O) groups is 1. The van der Waals surface area contributed by atoms with Gasteiger partial charge in [0.25, 0.3) is 5.91 Å². The highest BCUT2D eigenvalue weighted by Crippen LogP contribution is 2.31. The Hall–Kier alpha value is -3.13. The number of aromatic nitrogens is 3. The highest BCUT2D eigenvalue weighted by atomic mass is 35.5. The van der Waals surface area contributed by atoms with Crippen LogP contribution < -0.4 is 14.8 Å². The van der Waals surface area contributed by atoms with E-state index in [0.29, 0.717) is 22.9 Å². The fourth-order valence-electron chi connectivity index (χ4n) is 2.27. The Morgan fingerprint density at radius 2 is 2.00 bits per heavy atom. The number of methoxy groups -OCH3 is 2. The quantitative estimate of drug-likeness (QED) is 0.711. The molecule has 134 valence electrons. The molecule has 0 aliphatic carbocycles. The summed E-state index contributed by atoms with van der Waals surface area (Å²) >= 11 is 5.80. The Bertz CT molecular complexity index is 961. The molecule has 7 nitrogen and oxygen atoms in total. The van der Waals surface area contributed by atoms with Crippen LogP contribution in [-0.2, 0) is 0 Å². The van der Waals surface area contributed by atoms with Gasteiger partial charge in [0.05, 0.1) is 25.3 Å². The highest BCUT2D eigenvalue weighted by Gasteiger charge is 2.16. The van der Waals surface area contributed by atoms with Gasteiger partial charge in [-0.3, -0.25) is 15.2 Å². The largest absolute Gasteiger partial charge is 0.497 e. The van der Waals surface area contributed by atoms with E-state index in [-0.39, 0.29) is 16.5 Å². The molecular weight excluding hydrogens is 363 g/mol.